The number of nitrogens with zero attached hydrogens (tertiary/aromatic N) is 7. The van der Waals surface area contributed by atoms with Crippen LogP contribution in [0.25, 0.3) is 84.3 Å². The van der Waals surface area contributed by atoms with E-state index in [9.17, 15) is 22.8 Å². The van der Waals surface area contributed by atoms with Crippen molar-refractivity contribution in [2.24, 2.45) is 0 Å². The summed E-state index contributed by atoms with van der Waals surface area (Å²) in [5.74, 6) is 4.15. The smallest absolute Gasteiger partial charge is 0.305 e. The van der Waals surface area contributed by atoms with E-state index in [1.54, 1.807) is 25.3 Å². The maximum absolute atomic E-state index is 13.8. The number of aryl methyl sites for hydroxylation is 4. The Labute approximate surface area is 658 Å². The van der Waals surface area contributed by atoms with Gasteiger partial charge in [-0.15, -0.1) is 0 Å². The fourth-order valence-corrected chi connectivity index (χ4v) is 15.6. The zero-order valence-corrected chi connectivity index (χ0v) is 65.1. The first-order valence-corrected chi connectivity index (χ1v) is 40.1. The molecule has 0 bridgehead atoms. The lowest BCUT2D eigenvalue weighted by molar-refractivity contribution is -0.141. The Hall–Kier alpha value is -11.7. The van der Waals surface area contributed by atoms with Crippen molar-refractivity contribution < 1.29 is 56.3 Å². The van der Waals surface area contributed by atoms with Crippen LogP contribution in [0.2, 0.25) is 5.02 Å². The molecule has 0 fully saturated rings. The molecule has 10 aromatic carbocycles. The second kappa shape index (κ2) is 37.3. The van der Waals surface area contributed by atoms with Gasteiger partial charge in [0.25, 0.3) is 10.0 Å². The normalized spacial score (nSPS) is 12.2. The van der Waals surface area contributed by atoms with Gasteiger partial charge in [0.1, 0.15) is 40.5 Å². The highest BCUT2D eigenvalue weighted by molar-refractivity contribution is 7.92. The van der Waals surface area contributed by atoms with E-state index < -0.39 is 16.0 Å². The molecular weight excluding hydrogens is 1450 g/mol. The van der Waals surface area contributed by atoms with Crippen LogP contribution >= 0.6 is 11.6 Å². The summed E-state index contributed by atoms with van der Waals surface area (Å²) < 4.78 is 68.4. The largest absolute Gasteiger partial charge is 0.497 e. The number of rotatable bonds is 31. The highest BCUT2D eigenvalue weighted by atomic mass is 35.5. The SMILES string of the molecule is COC(=O)CCCCCOc1cc2c(cc1N(C)S(=O)(=O)c1ccc(Cl)cc1)nc(-c1ccccc1)n2-c1ccc(OC)cc1.COC(=O)CCCCCOc1ccc2nc(-c3ccccc3)n(-c3ccc4c(c3)CCC4)c2c1.O=C(O)CCCCCOc1ccc2nc(-c3ccccc3)n(-c3ccc4c(c3)CCC4)c2c1. The van der Waals surface area contributed by atoms with Gasteiger partial charge in [0.05, 0.1) is 84.8 Å². The van der Waals surface area contributed by atoms with Gasteiger partial charge in [-0.05, 0) is 222 Å². The molecule has 2 aliphatic rings. The van der Waals surface area contributed by atoms with Gasteiger partial charge in [0.15, 0.2) is 0 Å². The van der Waals surface area contributed by atoms with Gasteiger partial charge in [-0.3, -0.25) is 32.4 Å². The number of unbranched alkanes of at least 4 members (excludes halogenated alkanes) is 6. The molecule has 112 heavy (non-hydrogen) atoms. The Kier molecular flexibility index (Phi) is 26.1. The third-order valence-electron chi connectivity index (χ3n) is 20.2. The lowest BCUT2D eigenvalue weighted by Crippen LogP contribution is -2.27. The first-order chi connectivity index (χ1) is 54.6. The molecule has 15 rings (SSSR count). The fraction of sp³-hybridized carbons (Fsp3) is 0.275. The Morgan fingerprint density at radius 1 is 0.429 bits per heavy atom. The summed E-state index contributed by atoms with van der Waals surface area (Å²) in [7, 11) is 1.94. The summed E-state index contributed by atoms with van der Waals surface area (Å²) in [6, 6.07) is 73.4. The molecule has 0 aliphatic heterocycles. The number of benzene rings is 10. The lowest BCUT2D eigenvalue weighted by Gasteiger charge is -2.23. The van der Waals surface area contributed by atoms with E-state index in [1.807, 2.05) is 114 Å². The Morgan fingerprint density at radius 3 is 1.29 bits per heavy atom. The molecule has 2 aliphatic carbocycles. The van der Waals surface area contributed by atoms with E-state index in [-0.39, 0.29) is 23.3 Å². The van der Waals surface area contributed by atoms with Crippen molar-refractivity contribution in [3.8, 4) is 74.2 Å². The van der Waals surface area contributed by atoms with Gasteiger partial charge in [0.2, 0.25) is 0 Å². The minimum atomic E-state index is -3.97. The molecular formula is C91H92ClN7O12S. The maximum atomic E-state index is 13.8. The monoisotopic (exact) mass is 1540 g/mol. The quantitative estimate of drug-likeness (QED) is 0.0316. The number of halogens is 1. The van der Waals surface area contributed by atoms with Gasteiger partial charge in [0, 0.05) is 83.3 Å². The number of hydrogen-bond donors (Lipinski definition) is 1. The van der Waals surface area contributed by atoms with Crippen molar-refractivity contribution in [3.63, 3.8) is 0 Å². The molecule has 0 saturated heterocycles. The number of anilines is 1. The second-order valence-electron chi connectivity index (χ2n) is 27.8. The van der Waals surface area contributed by atoms with E-state index in [0.717, 1.165) is 148 Å². The standard InChI is InChI=1S/C34H34ClN3O6S.C29H30N2O3.C28H28N2O3/c1-37(45(40,41)28-19-13-25(35)14-20-28)31-22-29-30(23-32(31)44-21-9-5-8-12-33(39)43-3)38(26-15-17-27(42-2)18-16-26)34(36-29)24-10-6-4-7-11-24;1-33-28(32)13-6-3-7-18-34-25-16-17-26-27(20-25)31(29(30-26)22-9-4-2-5-10-22)24-15-14-21-11-8-12-23(21)19-24;31-27(32)12-5-2-6-17-33-24-15-16-25-26(19-24)30(28(29-25)21-8-3-1-4-9-21)23-14-13-20-10-7-11-22(20)18-23/h4,6-7,10-11,13-20,22-23H,5,8-9,12,21H2,1-3H3;2,4-5,9-10,14-17,19-20H,3,6-8,11-13,18H2,1H3;1,3-4,8-9,13-16,18-19H,2,5-7,10-12,17H2,(H,31,32). The minimum Gasteiger partial charge on any atom is -0.497 e. The summed E-state index contributed by atoms with van der Waals surface area (Å²) in [5.41, 5.74) is 17.6. The van der Waals surface area contributed by atoms with Gasteiger partial charge in [-0.1, -0.05) is 115 Å². The number of fused-ring (bicyclic) bond motifs is 5. The summed E-state index contributed by atoms with van der Waals surface area (Å²) in [5, 5.41) is 9.20. The molecule has 19 nitrogen and oxygen atoms in total. The molecule has 0 atom stereocenters. The lowest BCUT2D eigenvalue weighted by atomic mass is 10.1. The molecule has 576 valence electrons. The van der Waals surface area contributed by atoms with Crippen molar-refractivity contribution >= 4 is 78.3 Å². The number of imidazole rings is 3. The second-order valence-corrected chi connectivity index (χ2v) is 30.2. The van der Waals surface area contributed by atoms with Crippen LogP contribution in [0, 0.1) is 0 Å². The highest BCUT2D eigenvalue weighted by Gasteiger charge is 2.28. The van der Waals surface area contributed by atoms with Crippen LogP contribution in [0.4, 0.5) is 5.69 Å². The molecule has 0 radical (unpaired) electrons. The van der Waals surface area contributed by atoms with Gasteiger partial charge >= 0.3 is 17.9 Å². The number of ether oxygens (including phenoxy) is 6. The molecule has 0 saturated carbocycles. The maximum Gasteiger partial charge on any atom is 0.305 e. The fourth-order valence-electron chi connectivity index (χ4n) is 14.3. The van der Waals surface area contributed by atoms with Crippen LogP contribution in [-0.4, -0.2) is 108 Å². The summed E-state index contributed by atoms with van der Waals surface area (Å²) in [6.07, 6.45) is 15.2. The third kappa shape index (κ3) is 19.0. The van der Waals surface area contributed by atoms with Crippen molar-refractivity contribution in [3.05, 3.63) is 252 Å². The summed E-state index contributed by atoms with van der Waals surface area (Å²) >= 11 is 6.03. The number of esters is 2. The van der Waals surface area contributed by atoms with Crippen LogP contribution in [0.1, 0.15) is 112 Å². The van der Waals surface area contributed by atoms with Crippen LogP contribution in [0.15, 0.2) is 229 Å². The van der Waals surface area contributed by atoms with Crippen molar-refractivity contribution in [1.29, 1.82) is 0 Å². The number of hydrogen-bond acceptors (Lipinski definition) is 14. The molecule has 0 amide bonds. The zero-order valence-electron chi connectivity index (χ0n) is 63.6. The Balaban J connectivity index is 0.000000149. The van der Waals surface area contributed by atoms with Crippen LogP contribution < -0.4 is 23.3 Å². The number of aliphatic carboxylic acids is 1. The summed E-state index contributed by atoms with van der Waals surface area (Å²) in [6.45, 7) is 1.51. The predicted molar refractivity (Wildman–Crippen MR) is 441 cm³/mol. The van der Waals surface area contributed by atoms with E-state index in [0.29, 0.717) is 79.7 Å². The predicted octanol–water partition coefficient (Wildman–Crippen LogP) is 19.8. The first-order valence-electron chi connectivity index (χ1n) is 38.3. The number of carbonyl (C=O) groups is 3. The number of aromatic nitrogens is 6. The van der Waals surface area contributed by atoms with Crippen molar-refractivity contribution in [2.75, 3.05) is 52.5 Å². The van der Waals surface area contributed by atoms with E-state index in [4.69, 9.17) is 60.1 Å². The molecule has 3 heterocycles. The summed E-state index contributed by atoms with van der Waals surface area (Å²) in [4.78, 5) is 48.5. The van der Waals surface area contributed by atoms with Gasteiger partial charge in [-0.25, -0.2) is 23.4 Å². The number of carbonyl (C=O) groups excluding carboxylic acids is 2. The number of carboxylic acids is 1. The Morgan fingerprint density at radius 2 is 0.839 bits per heavy atom. The molecule has 3 aromatic heterocycles. The number of carboxylic acid groups (broad SMARTS) is 1. The molecule has 0 unspecified atom stereocenters. The average Bonchev–Trinajstić information content (AvgIpc) is 1.61. The van der Waals surface area contributed by atoms with Crippen LogP contribution in [0.5, 0.6) is 23.0 Å². The Bertz CT molecular complexity index is 5520. The first kappa shape index (κ1) is 78.4. The number of methoxy groups -OCH3 is 3. The third-order valence-corrected chi connectivity index (χ3v) is 22.3. The van der Waals surface area contributed by atoms with E-state index in [2.05, 4.69) is 94.1 Å². The van der Waals surface area contributed by atoms with Crippen molar-refractivity contribution in [1.82, 2.24) is 28.7 Å². The van der Waals surface area contributed by atoms with Crippen molar-refractivity contribution in [2.45, 2.75) is 120 Å². The molecule has 1 N–H and O–H groups in total. The van der Waals surface area contributed by atoms with E-state index >= 15 is 0 Å². The minimum absolute atomic E-state index is 0.0944. The molecule has 0 spiro atoms. The van der Waals surface area contributed by atoms with Gasteiger partial charge in [-0.2, -0.15) is 0 Å². The van der Waals surface area contributed by atoms with E-state index in [1.165, 1.54) is 79.2 Å². The van der Waals surface area contributed by atoms with Crippen LogP contribution in [-0.2, 0) is 59.6 Å². The van der Waals surface area contributed by atoms with Gasteiger partial charge < -0.3 is 33.5 Å². The molecule has 21 heteroatoms. The average molecular weight is 1540 g/mol. The topological polar surface area (TPSA) is 218 Å². The zero-order chi connectivity index (χ0) is 77.9. The molecule has 13 aromatic rings. The highest BCUT2D eigenvalue weighted by Crippen LogP contribution is 2.41. The number of sulfonamides is 1. The van der Waals surface area contributed by atoms with Crippen LogP contribution in [0.3, 0.4) is 0 Å².